The summed E-state index contributed by atoms with van der Waals surface area (Å²) in [6.07, 6.45) is 10.5. The molecule has 1 saturated heterocycles. The van der Waals surface area contributed by atoms with Gasteiger partial charge < -0.3 is 14.6 Å². The molecule has 1 N–H and O–H groups in total. The smallest absolute Gasteiger partial charge is 0.350 e. The van der Waals surface area contributed by atoms with Gasteiger partial charge in [-0.1, -0.05) is 66.7 Å². The first-order valence-electron chi connectivity index (χ1n) is 17.1. The number of rotatable bonds is 11. The fourth-order valence-corrected chi connectivity index (χ4v) is 7.18. The molecular formula is C38H44N6O4. The second kappa shape index (κ2) is 14.0. The van der Waals surface area contributed by atoms with E-state index in [0.717, 1.165) is 49.8 Å². The average molecular weight is 649 g/mol. The Morgan fingerprint density at radius 3 is 2.17 bits per heavy atom. The van der Waals surface area contributed by atoms with Crippen LogP contribution in [0, 0.1) is 0 Å². The van der Waals surface area contributed by atoms with Crippen LogP contribution in [0.15, 0.2) is 103 Å². The lowest BCUT2D eigenvalue weighted by molar-refractivity contribution is -0.189. The Labute approximate surface area is 281 Å². The lowest BCUT2D eigenvalue weighted by Gasteiger charge is -2.29. The van der Waals surface area contributed by atoms with Gasteiger partial charge in [-0.3, -0.25) is 0 Å². The number of nitrogens with zero attached hydrogens (tertiary/aromatic N) is 6. The van der Waals surface area contributed by atoms with Crippen molar-refractivity contribution >= 4 is 0 Å². The first-order valence-corrected chi connectivity index (χ1v) is 17.1. The summed E-state index contributed by atoms with van der Waals surface area (Å²) in [5.74, 6) is 0.224. The molecular weight excluding hydrogens is 604 g/mol. The van der Waals surface area contributed by atoms with Gasteiger partial charge in [0.25, 0.3) is 0 Å². The van der Waals surface area contributed by atoms with Gasteiger partial charge in [-0.05, 0) is 93.0 Å². The van der Waals surface area contributed by atoms with Crippen molar-refractivity contribution in [2.24, 2.45) is 0 Å². The number of hydrogen-bond acceptors (Lipinski definition) is 7. The predicted molar refractivity (Wildman–Crippen MR) is 182 cm³/mol. The maximum absolute atomic E-state index is 12.8. The van der Waals surface area contributed by atoms with Gasteiger partial charge >= 0.3 is 5.69 Å². The Morgan fingerprint density at radius 2 is 1.54 bits per heavy atom. The normalized spacial score (nSPS) is 24.0. The summed E-state index contributed by atoms with van der Waals surface area (Å²) in [4.78, 5) is 16.9. The monoisotopic (exact) mass is 648 g/mol. The van der Waals surface area contributed by atoms with Crippen molar-refractivity contribution in [2.45, 2.75) is 94.8 Å². The van der Waals surface area contributed by atoms with Gasteiger partial charge in [0.15, 0.2) is 0 Å². The highest BCUT2D eigenvalue weighted by molar-refractivity contribution is 5.36. The zero-order chi connectivity index (χ0) is 33.1. The Morgan fingerprint density at radius 1 is 0.875 bits per heavy atom. The summed E-state index contributed by atoms with van der Waals surface area (Å²) in [6.45, 7) is 4.45. The Balaban J connectivity index is 0.912. The maximum atomic E-state index is 12.8. The molecule has 10 nitrogen and oxygen atoms in total. The van der Waals surface area contributed by atoms with Crippen molar-refractivity contribution in [1.82, 2.24) is 29.1 Å². The fraction of sp³-hybridized carbons (Fsp3) is 0.421. The predicted octanol–water partition coefficient (Wildman–Crippen LogP) is 5.91. The molecule has 5 aromatic rings. The number of aliphatic hydroxyl groups is 1. The van der Waals surface area contributed by atoms with Crippen molar-refractivity contribution in [3.63, 3.8) is 0 Å². The molecule has 7 rings (SSSR count). The van der Waals surface area contributed by atoms with Crippen LogP contribution in [0.3, 0.4) is 0 Å². The van der Waals surface area contributed by atoms with Crippen LogP contribution in [0.25, 0.3) is 5.69 Å². The Kier molecular flexibility index (Phi) is 9.39. The van der Waals surface area contributed by atoms with E-state index in [2.05, 4.69) is 51.6 Å². The van der Waals surface area contributed by atoms with E-state index in [9.17, 15) is 9.90 Å². The minimum atomic E-state index is -0.869. The standard InChI is InChI=1S/C38H44N6O4/c1-27(28(2)45)44-37(46)43(26-41-44)35-19-17-33(18-20-35)32-15-13-31(14-16-32)30-11-8-29(9-12-30)10-21-36-22-47-38(48-36,23-42-25-39-24-40-42)34-6-4-3-5-7-34/h3-9,11-12,17-20,24-28,31-32,36,45H,10,13-16,21-23H2,1-2H3/t27-,28-,31?,32?,36-,38-/m0/s1. The number of ether oxygens (including phenoxy) is 2. The maximum Gasteiger partial charge on any atom is 0.350 e. The zero-order valence-corrected chi connectivity index (χ0v) is 27.6. The van der Waals surface area contributed by atoms with Crippen molar-refractivity contribution in [3.8, 4) is 5.69 Å². The SMILES string of the molecule is C[C@H](O)[C@H](C)n1ncn(-c2ccc(C3CCC(c4ccc(CC[C@H]5CO[C@](Cn6cncn6)(c6ccccc6)O5)cc4)CC3)cc2)c1=O. The van der Waals surface area contributed by atoms with Crippen LogP contribution in [-0.2, 0) is 28.2 Å². The van der Waals surface area contributed by atoms with Gasteiger partial charge in [-0.15, -0.1) is 0 Å². The van der Waals surface area contributed by atoms with Crippen LogP contribution in [0.4, 0.5) is 0 Å². The van der Waals surface area contributed by atoms with Crippen LogP contribution in [0.1, 0.15) is 86.1 Å². The number of aliphatic hydroxyl groups excluding tert-OH is 1. The molecule has 2 aromatic heterocycles. The molecule has 0 amide bonds. The van der Waals surface area contributed by atoms with Crippen LogP contribution in [0.2, 0.25) is 0 Å². The van der Waals surface area contributed by atoms with Crippen LogP contribution >= 0.6 is 0 Å². The molecule has 4 atom stereocenters. The molecule has 250 valence electrons. The Hall–Kier alpha value is -4.38. The molecule has 2 aliphatic rings. The molecule has 0 bridgehead atoms. The first kappa shape index (κ1) is 32.2. The third kappa shape index (κ3) is 6.78. The van der Waals surface area contributed by atoms with Crippen LogP contribution < -0.4 is 5.69 Å². The largest absolute Gasteiger partial charge is 0.391 e. The van der Waals surface area contributed by atoms with E-state index in [1.54, 1.807) is 24.9 Å². The molecule has 3 aromatic carbocycles. The summed E-state index contributed by atoms with van der Waals surface area (Å²) in [5.41, 5.74) is 5.59. The molecule has 0 unspecified atom stereocenters. The minimum absolute atomic E-state index is 0.00445. The van der Waals surface area contributed by atoms with E-state index < -0.39 is 11.9 Å². The minimum Gasteiger partial charge on any atom is -0.391 e. The quantitative estimate of drug-likeness (QED) is 0.190. The highest BCUT2D eigenvalue weighted by Gasteiger charge is 2.43. The zero-order valence-electron chi connectivity index (χ0n) is 27.6. The summed E-state index contributed by atoms with van der Waals surface area (Å²) in [7, 11) is 0. The van der Waals surface area contributed by atoms with Crippen molar-refractivity contribution in [1.29, 1.82) is 0 Å². The Bertz CT molecular complexity index is 1810. The molecule has 48 heavy (non-hydrogen) atoms. The summed E-state index contributed by atoms with van der Waals surface area (Å²) in [5, 5.41) is 18.4. The van der Waals surface area contributed by atoms with Gasteiger partial charge in [0.2, 0.25) is 5.79 Å². The number of aryl methyl sites for hydroxylation is 1. The molecule has 2 fully saturated rings. The topological polar surface area (TPSA) is 109 Å². The van der Waals surface area contributed by atoms with E-state index in [0.29, 0.717) is 25.0 Å². The van der Waals surface area contributed by atoms with E-state index in [-0.39, 0.29) is 17.8 Å². The second-order valence-electron chi connectivity index (χ2n) is 13.4. The molecule has 1 aliphatic heterocycles. The van der Waals surface area contributed by atoms with Crippen molar-refractivity contribution in [2.75, 3.05) is 6.61 Å². The van der Waals surface area contributed by atoms with Crippen LogP contribution in [0.5, 0.6) is 0 Å². The van der Waals surface area contributed by atoms with Gasteiger partial charge in [-0.2, -0.15) is 10.2 Å². The first-order chi connectivity index (χ1) is 23.4. The van der Waals surface area contributed by atoms with Gasteiger partial charge in [0.1, 0.15) is 25.5 Å². The van der Waals surface area contributed by atoms with Gasteiger partial charge in [0, 0.05) is 5.56 Å². The van der Waals surface area contributed by atoms with Crippen molar-refractivity contribution < 1.29 is 14.6 Å². The fourth-order valence-electron chi connectivity index (χ4n) is 7.18. The summed E-state index contributed by atoms with van der Waals surface area (Å²) >= 11 is 0. The van der Waals surface area contributed by atoms with Gasteiger partial charge in [-0.25, -0.2) is 23.7 Å². The number of benzene rings is 3. The molecule has 0 radical (unpaired) electrons. The third-order valence-corrected chi connectivity index (χ3v) is 10.3. The highest BCUT2D eigenvalue weighted by Crippen LogP contribution is 2.41. The molecule has 1 aliphatic carbocycles. The second-order valence-corrected chi connectivity index (χ2v) is 13.4. The summed E-state index contributed by atoms with van der Waals surface area (Å²) < 4.78 is 17.6. The molecule has 10 heteroatoms. The lowest BCUT2D eigenvalue weighted by atomic mass is 9.76. The van der Waals surface area contributed by atoms with E-state index in [4.69, 9.17) is 9.47 Å². The average Bonchev–Trinajstić information content (AvgIpc) is 3.89. The van der Waals surface area contributed by atoms with Gasteiger partial charge in [0.05, 0.1) is 30.5 Å². The van der Waals surface area contributed by atoms with E-state index in [1.165, 1.54) is 38.6 Å². The lowest BCUT2D eigenvalue weighted by Crippen LogP contribution is -2.34. The number of hydrogen-bond donors (Lipinski definition) is 1. The molecule has 1 saturated carbocycles. The third-order valence-electron chi connectivity index (χ3n) is 10.3. The number of aromatic nitrogens is 6. The van der Waals surface area contributed by atoms with E-state index in [1.807, 2.05) is 42.5 Å². The molecule has 3 heterocycles. The summed E-state index contributed by atoms with van der Waals surface area (Å²) in [6, 6.07) is 27.2. The highest BCUT2D eigenvalue weighted by atomic mass is 16.7. The molecule has 0 spiro atoms. The van der Waals surface area contributed by atoms with Crippen LogP contribution in [-0.4, -0.2) is 53.0 Å². The van der Waals surface area contributed by atoms with E-state index >= 15 is 0 Å². The van der Waals surface area contributed by atoms with Crippen molar-refractivity contribution in [3.05, 3.63) is 131 Å².